The lowest BCUT2D eigenvalue weighted by Gasteiger charge is -2.18. The molecule has 0 unspecified atom stereocenters. The van der Waals surface area contributed by atoms with E-state index in [1.54, 1.807) is 41.8 Å². The minimum absolute atomic E-state index is 0.223. The molecular formula is C21H14ClF2N3O. The number of hydrogen-bond acceptors (Lipinski definition) is 3. The van der Waals surface area contributed by atoms with Crippen LogP contribution in [0.5, 0.6) is 0 Å². The molecule has 0 bridgehead atoms. The van der Waals surface area contributed by atoms with Crippen LogP contribution in [-0.2, 0) is 0 Å². The Morgan fingerprint density at radius 2 is 1.71 bits per heavy atom. The summed E-state index contributed by atoms with van der Waals surface area (Å²) in [6.45, 7) is 1.75. The van der Waals surface area contributed by atoms with Crippen LogP contribution >= 0.6 is 11.6 Å². The highest BCUT2D eigenvalue weighted by Gasteiger charge is 2.16. The van der Waals surface area contributed by atoms with Crippen molar-refractivity contribution in [3.8, 4) is 5.69 Å². The fraction of sp³-hybridized carbons (Fsp3) is 0.0476. The topological polar surface area (TPSA) is 46.9 Å². The smallest absolute Gasteiger partial charge is 0.194 e. The maximum Gasteiger partial charge on any atom is 0.194 e. The lowest BCUT2D eigenvalue weighted by Crippen LogP contribution is -2.14. The van der Waals surface area contributed by atoms with E-state index >= 15 is 0 Å². The molecule has 0 spiro atoms. The zero-order valence-electron chi connectivity index (χ0n) is 14.7. The van der Waals surface area contributed by atoms with Crippen LogP contribution < -0.4 is 10.7 Å². The maximum absolute atomic E-state index is 13.9. The summed E-state index contributed by atoms with van der Waals surface area (Å²) in [6.07, 6.45) is 0. The van der Waals surface area contributed by atoms with Gasteiger partial charge in [-0.3, -0.25) is 9.36 Å². The summed E-state index contributed by atoms with van der Waals surface area (Å²) in [5.41, 5.74) is 1.41. The van der Waals surface area contributed by atoms with Crippen molar-refractivity contribution in [1.82, 2.24) is 9.55 Å². The van der Waals surface area contributed by atoms with Crippen LogP contribution in [-0.4, -0.2) is 9.55 Å². The molecule has 0 amide bonds. The van der Waals surface area contributed by atoms with Crippen LogP contribution in [0.1, 0.15) is 5.69 Å². The average Bonchev–Trinajstić information content (AvgIpc) is 2.61. The van der Waals surface area contributed by atoms with Gasteiger partial charge in [-0.2, -0.15) is 0 Å². The molecule has 0 aliphatic carbocycles. The van der Waals surface area contributed by atoms with Gasteiger partial charge in [0, 0.05) is 17.4 Å². The van der Waals surface area contributed by atoms with Gasteiger partial charge in [-0.1, -0.05) is 23.7 Å². The van der Waals surface area contributed by atoms with Crippen LogP contribution in [0.4, 0.5) is 20.3 Å². The van der Waals surface area contributed by atoms with Crippen molar-refractivity contribution in [1.29, 1.82) is 0 Å². The summed E-state index contributed by atoms with van der Waals surface area (Å²) in [6, 6.07) is 14.6. The molecule has 7 heteroatoms. The standard InChI is InChI=1S/C21H14ClF2N3O/c1-12-8-17(22)20-18(28)11-19(26-15-6-2-4-13(23)9-15)27(21(20)25-12)16-7-3-5-14(24)10-16/h2-11,26H,1H3. The average molecular weight is 398 g/mol. The molecule has 0 aliphatic rings. The number of hydrogen-bond donors (Lipinski definition) is 1. The van der Waals surface area contributed by atoms with Crippen molar-refractivity contribution in [2.24, 2.45) is 0 Å². The van der Waals surface area contributed by atoms with Gasteiger partial charge in [0.1, 0.15) is 17.5 Å². The Kier molecular flexibility index (Phi) is 4.57. The van der Waals surface area contributed by atoms with Gasteiger partial charge in [-0.25, -0.2) is 13.8 Å². The molecule has 0 aliphatic heterocycles. The number of halogens is 3. The number of aromatic nitrogens is 2. The van der Waals surface area contributed by atoms with Crippen LogP contribution in [0.3, 0.4) is 0 Å². The molecule has 140 valence electrons. The second-order valence-corrected chi connectivity index (χ2v) is 6.70. The largest absolute Gasteiger partial charge is 0.341 e. The zero-order chi connectivity index (χ0) is 19.8. The van der Waals surface area contributed by atoms with E-state index in [1.807, 2.05) is 0 Å². The quantitative estimate of drug-likeness (QED) is 0.505. The zero-order valence-corrected chi connectivity index (χ0v) is 15.5. The first-order chi connectivity index (χ1) is 13.4. The predicted octanol–water partition coefficient (Wildman–Crippen LogP) is 5.37. The van der Waals surface area contributed by atoms with Crippen molar-refractivity contribution in [3.63, 3.8) is 0 Å². The van der Waals surface area contributed by atoms with E-state index in [0.717, 1.165) is 0 Å². The van der Waals surface area contributed by atoms with Crippen LogP contribution in [0.15, 0.2) is 65.5 Å². The third-order valence-electron chi connectivity index (χ3n) is 4.21. The van der Waals surface area contributed by atoms with E-state index in [1.165, 1.54) is 30.3 Å². The van der Waals surface area contributed by atoms with Crippen molar-refractivity contribution >= 4 is 34.1 Å². The Bertz CT molecular complexity index is 1270. The van der Waals surface area contributed by atoms with Crippen molar-refractivity contribution in [3.05, 3.63) is 93.2 Å². The lowest BCUT2D eigenvalue weighted by molar-refractivity contribution is 0.627. The summed E-state index contributed by atoms with van der Waals surface area (Å²) < 4.78 is 29.1. The van der Waals surface area contributed by atoms with E-state index in [0.29, 0.717) is 22.9 Å². The predicted molar refractivity (Wildman–Crippen MR) is 107 cm³/mol. The molecule has 4 nitrogen and oxygen atoms in total. The normalized spacial score (nSPS) is 11.0. The molecule has 2 aromatic carbocycles. The van der Waals surface area contributed by atoms with Gasteiger partial charge in [-0.05, 0) is 49.4 Å². The summed E-state index contributed by atoms with van der Waals surface area (Å²) >= 11 is 6.29. The lowest BCUT2D eigenvalue weighted by atomic mass is 10.2. The molecule has 0 radical (unpaired) electrons. The maximum atomic E-state index is 13.9. The summed E-state index contributed by atoms with van der Waals surface area (Å²) in [5.74, 6) is -0.565. The minimum atomic E-state index is -0.445. The highest BCUT2D eigenvalue weighted by molar-refractivity contribution is 6.35. The van der Waals surface area contributed by atoms with E-state index in [-0.39, 0.29) is 21.5 Å². The Morgan fingerprint density at radius 3 is 2.43 bits per heavy atom. The third kappa shape index (κ3) is 3.34. The number of fused-ring (bicyclic) bond motifs is 1. The first-order valence-electron chi connectivity index (χ1n) is 8.44. The highest BCUT2D eigenvalue weighted by atomic mass is 35.5. The Morgan fingerprint density at radius 1 is 1.00 bits per heavy atom. The van der Waals surface area contributed by atoms with Gasteiger partial charge in [0.25, 0.3) is 0 Å². The minimum Gasteiger partial charge on any atom is -0.341 e. The monoisotopic (exact) mass is 397 g/mol. The summed E-state index contributed by atoms with van der Waals surface area (Å²) in [7, 11) is 0. The van der Waals surface area contributed by atoms with Gasteiger partial charge in [0.05, 0.1) is 16.1 Å². The van der Waals surface area contributed by atoms with Crippen molar-refractivity contribution in [2.75, 3.05) is 5.32 Å². The van der Waals surface area contributed by atoms with Crippen LogP contribution in [0.25, 0.3) is 16.7 Å². The Labute approximate surface area is 164 Å². The van der Waals surface area contributed by atoms with Crippen molar-refractivity contribution < 1.29 is 8.78 Å². The highest BCUT2D eigenvalue weighted by Crippen LogP contribution is 2.28. The molecule has 0 atom stereocenters. The molecule has 2 heterocycles. The fourth-order valence-corrected chi connectivity index (χ4v) is 3.40. The van der Waals surface area contributed by atoms with Gasteiger partial charge in [0.15, 0.2) is 11.1 Å². The van der Waals surface area contributed by atoms with E-state index in [4.69, 9.17) is 11.6 Å². The first-order valence-corrected chi connectivity index (χ1v) is 8.81. The molecule has 0 saturated carbocycles. The van der Waals surface area contributed by atoms with Crippen LogP contribution in [0, 0.1) is 18.6 Å². The first kappa shape index (κ1) is 18.1. The Balaban J connectivity index is 2.06. The molecular weight excluding hydrogens is 384 g/mol. The molecule has 28 heavy (non-hydrogen) atoms. The summed E-state index contributed by atoms with van der Waals surface area (Å²) in [5, 5.41) is 3.50. The molecule has 1 N–H and O–H groups in total. The summed E-state index contributed by atoms with van der Waals surface area (Å²) in [4.78, 5) is 17.2. The Hall–Kier alpha value is -3.25. The number of rotatable bonds is 3. The second kappa shape index (κ2) is 7.05. The number of pyridine rings is 2. The van der Waals surface area contributed by atoms with Gasteiger partial charge < -0.3 is 5.32 Å². The third-order valence-corrected chi connectivity index (χ3v) is 4.51. The number of aryl methyl sites for hydroxylation is 1. The molecule has 2 aromatic heterocycles. The SMILES string of the molecule is Cc1cc(Cl)c2c(=O)cc(Nc3cccc(F)c3)n(-c3cccc(F)c3)c2n1. The molecule has 4 aromatic rings. The van der Waals surface area contributed by atoms with Gasteiger partial charge in [0.2, 0.25) is 0 Å². The van der Waals surface area contributed by atoms with E-state index < -0.39 is 11.6 Å². The fourth-order valence-electron chi connectivity index (χ4n) is 3.06. The molecule has 0 fully saturated rings. The molecule has 4 rings (SSSR count). The number of nitrogens with zero attached hydrogens (tertiary/aromatic N) is 2. The van der Waals surface area contributed by atoms with Crippen molar-refractivity contribution in [2.45, 2.75) is 6.92 Å². The number of benzene rings is 2. The van der Waals surface area contributed by atoms with E-state index in [9.17, 15) is 13.6 Å². The second-order valence-electron chi connectivity index (χ2n) is 6.29. The number of nitrogens with one attached hydrogen (secondary N) is 1. The van der Waals surface area contributed by atoms with Gasteiger partial charge in [-0.15, -0.1) is 0 Å². The number of anilines is 2. The van der Waals surface area contributed by atoms with Crippen LogP contribution in [0.2, 0.25) is 5.02 Å². The van der Waals surface area contributed by atoms with Gasteiger partial charge >= 0.3 is 0 Å². The van der Waals surface area contributed by atoms with E-state index in [2.05, 4.69) is 10.3 Å². The molecule has 0 saturated heterocycles.